The van der Waals surface area contributed by atoms with Gasteiger partial charge in [0.05, 0.1) is 12.1 Å². The molecule has 0 aliphatic heterocycles. The molecular formula is C21H17BrN4OS2. The summed E-state index contributed by atoms with van der Waals surface area (Å²) in [6.07, 6.45) is 1.62. The van der Waals surface area contributed by atoms with Crippen LogP contribution >= 0.6 is 39.0 Å². The molecular weight excluding hydrogens is 468 g/mol. The van der Waals surface area contributed by atoms with E-state index in [1.165, 1.54) is 4.88 Å². The van der Waals surface area contributed by atoms with Gasteiger partial charge in [0.15, 0.2) is 0 Å². The summed E-state index contributed by atoms with van der Waals surface area (Å²) in [6.45, 7) is 0.587. The summed E-state index contributed by atoms with van der Waals surface area (Å²) in [4.78, 5) is 19.2. The van der Waals surface area contributed by atoms with Crippen molar-refractivity contribution in [3.63, 3.8) is 0 Å². The fourth-order valence-electron chi connectivity index (χ4n) is 2.70. The van der Waals surface area contributed by atoms with Crippen molar-refractivity contribution in [3.8, 4) is 0 Å². The molecule has 2 heterocycles. The van der Waals surface area contributed by atoms with Crippen LogP contribution in [0.3, 0.4) is 0 Å². The molecule has 4 rings (SSSR count). The van der Waals surface area contributed by atoms with Gasteiger partial charge in [-0.3, -0.25) is 10.1 Å². The Balaban J connectivity index is 1.42. The zero-order valence-electron chi connectivity index (χ0n) is 15.3. The number of thioether (sulfide) groups is 1. The normalized spacial score (nSPS) is 10.8. The highest BCUT2D eigenvalue weighted by atomic mass is 79.9. The summed E-state index contributed by atoms with van der Waals surface area (Å²) in [5, 5.41) is 9.23. The molecule has 4 aromatic rings. The predicted octanol–water partition coefficient (Wildman–Crippen LogP) is 5.70. The summed E-state index contributed by atoms with van der Waals surface area (Å²) in [5.41, 5.74) is 1.73. The van der Waals surface area contributed by atoms with Crippen LogP contribution < -0.4 is 5.32 Å². The van der Waals surface area contributed by atoms with Crippen molar-refractivity contribution in [2.75, 3.05) is 5.32 Å². The standard InChI is InChI=1S/C21H17BrN4OS2/c22-16-9-7-15(8-10-16)12-26-14-23-21(25-26)24-20(27)18-5-1-2-6-19(18)29-13-17-4-3-11-28-17/h1-11,14H,12-13H2,(H,24,25,27). The average molecular weight is 485 g/mol. The molecule has 8 heteroatoms. The number of hydrogen-bond donors (Lipinski definition) is 1. The fourth-order valence-corrected chi connectivity index (χ4v) is 4.78. The van der Waals surface area contributed by atoms with E-state index in [0.29, 0.717) is 18.1 Å². The summed E-state index contributed by atoms with van der Waals surface area (Å²) in [5.74, 6) is 0.924. The van der Waals surface area contributed by atoms with Crippen LogP contribution in [-0.4, -0.2) is 20.7 Å². The predicted molar refractivity (Wildman–Crippen MR) is 122 cm³/mol. The number of amides is 1. The van der Waals surface area contributed by atoms with Crippen LogP contribution in [0.25, 0.3) is 0 Å². The molecule has 0 fully saturated rings. The van der Waals surface area contributed by atoms with Gasteiger partial charge in [-0.2, -0.15) is 0 Å². The first-order chi connectivity index (χ1) is 14.2. The summed E-state index contributed by atoms with van der Waals surface area (Å²) in [6, 6.07) is 19.7. The number of benzene rings is 2. The van der Waals surface area contributed by atoms with Gasteiger partial charge in [0.25, 0.3) is 5.91 Å². The molecule has 0 atom stereocenters. The number of aromatic nitrogens is 3. The Bertz CT molecular complexity index is 1090. The minimum atomic E-state index is -0.208. The summed E-state index contributed by atoms with van der Waals surface area (Å²) >= 11 is 6.80. The molecule has 1 N–H and O–H groups in total. The van der Waals surface area contributed by atoms with Crippen molar-refractivity contribution in [1.29, 1.82) is 0 Å². The van der Waals surface area contributed by atoms with E-state index in [2.05, 4.69) is 42.8 Å². The van der Waals surface area contributed by atoms with E-state index in [4.69, 9.17) is 0 Å². The molecule has 0 aliphatic carbocycles. The molecule has 0 saturated carbocycles. The van der Waals surface area contributed by atoms with E-state index in [9.17, 15) is 4.79 Å². The van der Waals surface area contributed by atoms with Gasteiger partial charge >= 0.3 is 0 Å². The smallest absolute Gasteiger partial charge is 0.259 e. The largest absolute Gasteiger partial charge is 0.289 e. The molecule has 2 aromatic carbocycles. The van der Waals surface area contributed by atoms with Gasteiger partial charge in [-0.1, -0.05) is 46.3 Å². The lowest BCUT2D eigenvalue weighted by molar-refractivity contribution is 0.102. The molecule has 0 radical (unpaired) electrons. The maximum atomic E-state index is 12.8. The van der Waals surface area contributed by atoms with E-state index < -0.39 is 0 Å². The molecule has 0 bridgehead atoms. The quantitative estimate of drug-likeness (QED) is 0.342. The first-order valence-electron chi connectivity index (χ1n) is 8.87. The molecule has 2 aromatic heterocycles. The van der Waals surface area contributed by atoms with E-state index in [0.717, 1.165) is 20.7 Å². The highest BCUT2D eigenvalue weighted by Gasteiger charge is 2.14. The summed E-state index contributed by atoms with van der Waals surface area (Å²) in [7, 11) is 0. The van der Waals surface area contributed by atoms with Crippen LogP contribution in [0.5, 0.6) is 0 Å². The zero-order chi connectivity index (χ0) is 20.1. The van der Waals surface area contributed by atoms with Crippen LogP contribution in [0.15, 0.2) is 81.7 Å². The number of carbonyl (C=O) groups is 1. The van der Waals surface area contributed by atoms with Crippen molar-refractivity contribution in [1.82, 2.24) is 14.8 Å². The topological polar surface area (TPSA) is 59.8 Å². The number of anilines is 1. The summed E-state index contributed by atoms with van der Waals surface area (Å²) < 4.78 is 2.74. The van der Waals surface area contributed by atoms with Gasteiger partial charge in [0, 0.05) is 20.0 Å². The molecule has 0 aliphatic rings. The lowest BCUT2D eigenvalue weighted by Crippen LogP contribution is -2.14. The van der Waals surface area contributed by atoms with Crippen molar-refractivity contribution in [3.05, 3.63) is 92.8 Å². The van der Waals surface area contributed by atoms with Crippen LogP contribution in [-0.2, 0) is 12.3 Å². The first-order valence-corrected chi connectivity index (χ1v) is 11.5. The van der Waals surface area contributed by atoms with Crippen LogP contribution in [0.2, 0.25) is 0 Å². The SMILES string of the molecule is O=C(Nc1ncn(Cc2ccc(Br)cc2)n1)c1ccccc1SCc1cccs1. The Hall–Kier alpha value is -2.42. The van der Waals surface area contributed by atoms with Crippen molar-refractivity contribution < 1.29 is 4.79 Å². The number of thiophene rings is 1. The number of rotatable bonds is 7. The van der Waals surface area contributed by atoms with E-state index in [1.54, 1.807) is 34.1 Å². The molecule has 29 heavy (non-hydrogen) atoms. The molecule has 0 unspecified atom stereocenters. The third-order valence-corrected chi connectivity index (χ3v) is 6.81. The first kappa shape index (κ1) is 19.9. The van der Waals surface area contributed by atoms with Gasteiger partial charge < -0.3 is 0 Å². The average Bonchev–Trinajstić information content (AvgIpc) is 3.40. The molecule has 1 amide bonds. The Labute approximate surface area is 185 Å². The highest BCUT2D eigenvalue weighted by Crippen LogP contribution is 2.28. The third kappa shape index (κ3) is 5.35. The number of nitrogens with one attached hydrogen (secondary N) is 1. The molecule has 146 valence electrons. The number of halogens is 1. The Morgan fingerprint density at radius 3 is 2.72 bits per heavy atom. The van der Waals surface area contributed by atoms with Gasteiger partial charge in [-0.15, -0.1) is 28.2 Å². The minimum absolute atomic E-state index is 0.208. The maximum absolute atomic E-state index is 12.8. The molecule has 0 saturated heterocycles. The van der Waals surface area contributed by atoms with Gasteiger partial charge in [-0.05, 0) is 41.3 Å². The second-order valence-corrected chi connectivity index (χ2v) is 9.18. The van der Waals surface area contributed by atoms with Gasteiger partial charge in [0.2, 0.25) is 5.95 Å². The Morgan fingerprint density at radius 2 is 1.93 bits per heavy atom. The fraction of sp³-hybridized carbons (Fsp3) is 0.0952. The van der Waals surface area contributed by atoms with E-state index in [-0.39, 0.29) is 5.91 Å². The van der Waals surface area contributed by atoms with Crippen molar-refractivity contribution in [2.24, 2.45) is 0 Å². The number of carbonyl (C=O) groups excluding carboxylic acids is 1. The van der Waals surface area contributed by atoms with Crippen molar-refractivity contribution >= 4 is 50.9 Å². The zero-order valence-corrected chi connectivity index (χ0v) is 18.5. The third-order valence-electron chi connectivity index (χ3n) is 4.10. The molecule has 5 nitrogen and oxygen atoms in total. The number of hydrogen-bond acceptors (Lipinski definition) is 5. The number of nitrogens with zero attached hydrogens (tertiary/aromatic N) is 3. The van der Waals surface area contributed by atoms with Crippen LogP contribution in [0.4, 0.5) is 5.95 Å². The monoisotopic (exact) mass is 484 g/mol. The molecule has 0 spiro atoms. The lowest BCUT2D eigenvalue weighted by Gasteiger charge is -2.08. The second-order valence-electron chi connectivity index (χ2n) is 6.21. The second kappa shape index (κ2) is 9.39. The van der Waals surface area contributed by atoms with Gasteiger partial charge in [-0.25, -0.2) is 9.67 Å². The minimum Gasteiger partial charge on any atom is -0.289 e. The van der Waals surface area contributed by atoms with E-state index in [1.807, 2.05) is 54.6 Å². The van der Waals surface area contributed by atoms with Crippen molar-refractivity contribution in [2.45, 2.75) is 17.2 Å². The lowest BCUT2D eigenvalue weighted by atomic mass is 10.2. The Kier molecular flexibility index (Phi) is 6.43. The van der Waals surface area contributed by atoms with Crippen LogP contribution in [0, 0.1) is 0 Å². The maximum Gasteiger partial charge on any atom is 0.259 e. The van der Waals surface area contributed by atoms with E-state index >= 15 is 0 Å². The van der Waals surface area contributed by atoms with Crippen LogP contribution in [0.1, 0.15) is 20.8 Å². The van der Waals surface area contributed by atoms with Gasteiger partial charge in [0.1, 0.15) is 6.33 Å². The highest BCUT2D eigenvalue weighted by molar-refractivity contribution is 9.10. The Morgan fingerprint density at radius 1 is 1.10 bits per heavy atom.